The van der Waals surface area contributed by atoms with Gasteiger partial charge in [0.1, 0.15) is 6.61 Å². The maximum Gasteiger partial charge on any atom is 0.253 e. The zero-order valence-corrected chi connectivity index (χ0v) is 12.6. The molecule has 3 unspecified atom stereocenters. The fraction of sp³-hybridized carbons (Fsp3) is 0.529. The van der Waals surface area contributed by atoms with Gasteiger partial charge in [-0.2, -0.15) is 0 Å². The van der Waals surface area contributed by atoms with Crippen LogP contribution in [0.1, 0.15) is 49.0 Å². The van der Waals surface area contributed by atoms with E-state index in [0.29, 0.717) is 23.0 Å². The van der Waals surface area contributed by atoms with E-state index < -0.39 is 0 Å². The third-order valence-corrected chi connectivity index (χ3v) is 4.34. The number of aliphatic hydroxyl groups is 1. The predicted molar refractivity (Wildman–Crippen MR) is 81.6 cm³/mol. The lowest BCUT2D eigenvalue weighted by atomic mass is 9.78. The molecule has 3 atom stereocenters. The standard InChI is InChI=1S/C17H22N2O2/c1-12-5-3-7-16(13(12)2)19-17(21)15-9-14(6-4-8-20)10-18-11-15/h9-13,16,20H,3,5,7-8H2,1-2H3,(H,19,21). The molecule has 0 saturated heterocycles. The molecule has 0 aromatic carbocycles. The summed E-state index contributed by atoms with van der Waals surface area (Å²) >= 11 is 0. The molecular formula is C17H22N2O2. The summed E-state index contributed by atoms with van der Waals surface area (Å²) in [5.74, 6) is 6.37. The Bertz CT molecular complexity index is 559. The van der Waals surface area contributed by atoms with Gasteiger partial charge in [0, 0.05) is 24.0 Å². The smallest absolute Gasteiger partial charge is 0.253 e. The number of amides is 1. The Balaban J connectivity index is 2.06. The van der Waals surface area contributed by atoms with Crippen LogP contribution in [0.25, 0.3) is 0 Å². The Hall–Kier alpha value is -1.86. The Morgan fingerprint density at radius 1 is 1.43 bits per heavy atom. The molecule has 0 radical (unpaired) electrons. The van der Waals surface area contributed by atoms with Gasteiger partial charge in [0.2, 0.25) is 0 Å². The third-order valence-electron chi connectivity index (χ3n) is 4.34. The van der Waals surface area contributed by atoms with Gasteiger partial charge >= 0.3 is 0 Å². The molecule has 1 aromatic rings. The van der Waals surface area contributed by atoms with Gasteiger partial charge < -0.3 is 10.4 Å². The van der Waals surface area contributed by atoms with Gasteiger partial charge in [-0.25, -0.2) is 0 Å². The Morgan fingerprint density at radius 3 is 3.00 bits per heavy atom. The van der Waals surface area contributed by atoms with Crippen molar-refractivity contribution in [3.8, 4) is 11.8 Å². The maximum atomic E-state index is 12.3. The molecule has 21 heavy (non-hydrogen) atoms. The highest BCUT2D eigenvalue weighted by atomic mass is 16.2. The van der Waals surface area contributed by atoms with Gasteiger partial charge in [-0.1, -0.05) is 38.5 Å². The van der Waals surface area contributed by atoms with Crippen LogP contribution >= 0.6 is 0 Å². The van der Waals surface area contributed by atoms with Crippen LogP contribution in [0.4, 0.5) is 0 Å². The quantitative estimate of drug-likeness (QED) is 0.817. The van der Waals surface area contributed by atoms with Crippen molar-refractivity contribution in [1.29, 1.82) is 0 Å². The number of carbonyl (C=O) groups excluding carboxylic acids is 1. The van der Waals surface area contributed by atoms with Gasteiger partial charge in [-0.15, -0.1) is 0 Å². The van der Waals surface area contributed by atoms with E-state index in [0.717, 1.165) is 12.8 Å². The summed E-state index contributed by atoms with van der Waals surface area (Å²) in [7, 11) is 0. The van der Waals surface area contributed by atoms with Crippen molar-refractivity contribution in [3.63, 3.8) is 0 Å². The topological polar surface area (TPSA) is 62.2 Å². The van der Waals surface area contributed by atoms with Gasteiger partial charge in [0.15, 0.2) is 0 Å². The first-order valence-electron chi connectivity index (χ1n) is 7.47. The first-order chi connectivity index (χ1) is 10.1. The molecule has 1 aliphatic rings. The molecule has 1 heterocycles. The number of rotatable bonds is 2. The summed E-state index contributed by atoms with van der Waals surface area (Å²) in [6.07, 6.45) is 6.58. The molecule has 1 saturated carbocycles. The molecule has 0 bridgehead atoms. The Labute approximate surface area is 126 Å². The van der Waals surface area contributed by atoms with Crippen LogP contribution < -0.4 is 5.32 Å². The molecule has 4 nitrogen and oxygen atoms in total. The molecule has 4 heteroatoms. The fourth-order valence-corrected chi connectivity index (χ4v) is 2.81. The van der Waals surface area contributed by atoms with E-state index in [-0.39, 0.29) is 18.6 Å². The number of nitrogens with zero attached hydrogens (tertiary/aromatic N) is 1. The zero-order chi connectivity index (χ0) is 15.2. The number of pyridine rings is 1. The van der Waals surface area contributed by atoms with E-state index in [1.165, 1.54) is 6.42 Å². The van der Waals surface area contributed by atoms with Gasteiger partial charge in [0.05, 0.1) is 5.56 Å². The molecule has 2 rings (SSSR count). The van der Waals surface area contributed by atoms with Crippen LogP contribution in [0, 0.1) is 23.7 Å². The molecule has 1 aromatic heterocycles. The van der Waals surface area contributed by atoms with Crippen LogP contribution in [0.5, 0.6) is 0 Å². The minimum absolute atomic E-state index is 0.0962. The highest BCUT2D eigenvalue weighted by Gasteiger charge is 2.28. The van der Waals surface area contributed by atoms with Crippen LogP contribution in [-0.4, -0.2) is 28.6 Å². The molecule has 112 valence electrons. The molecule has 0 aliphatic heterocycles. The van der Waals surface area contributed by atoms with Crippen LogP contribution in [0.15, 0.2) is 18.5 Å². The monoisotopic (exact) mass is 286 g/mol. The van der Waals surface area contributed by atoms with Crippen molar-refractivity contribution in [2.45, 2.75) is 39.2 Å². The summed E-state index contributed by atoms with van der Waals surface area (Å²) in [5, 5.41) is 11.8. The fourth-order valence-electron chi connectivity index (χ4n) is 2.81. The van der Waals surface area contributed by atoms with Crippen molar-refractivity contribution in [2.24, 2.45) is 11.8 Å². The minimum Gasteiger partial charge on any atom is -0.384 e. The third kappa shape index (κ3) is 4.05. The van der Waals surface area contributed by atoms with Gasteiger partial charge in [-0.3, -0.25) is 9.78 Å². The van der Waals surface area contributed by atoms with E-state index in [9.17, 15) is 4.79 Å². The van der Waals surface area contributed by atoms with Crippen LogP contribution in [0.3, 0.4) is 0 Å². The average molecular weight is 286 g/mol. The minimum atomic E-state index is -0.200. The first kappa shape index (κ1) is 15.5. The van der Waals surface area contributed by atoms with Crippen molar-refractivity contribution in [3.05, 3.63) is 29.6 Å². The second kappa shape index (κ2) is 7.24. The van der Waals surface area contributed by atoms with E-state index >= 15 is 0 Å². The number of hydrogen-bond donors (Lipinski definition) is 2. The average Bonchev–Trinajstić information content (AvgIpc) is 2.50. The maximum absolute atomic E-state index is 12.3. The second-order valence-electron chi connectivity index (χ2n) is 5.77. The normalized spacial score (nSPS) is 24.8. The molecule has 1 fully saturated rings. The van der Waals surface area contributed by atoms with Crippen molar-refractivity contribution in [2.75, 3.05) is 6.61 Å². The van der Waals surface area contributed by atoms with Gasteiger partial charge in [0.25, 0.3) is 5.91 Å². The SMILES string of the molecule is CC1CCCC(NC(=O)c2cncc(C#CCO)c2)C1C. The lowest BCUT2D eigenvalue weighted by molar-refractivity contribution is 0.0890. The van der Waals surface area contributed by atoms with E-state index in [2.05, 4.69) is 36.0 Å². The molecule has 0 spiro atoms. The zero-order valence-electron chi connectivity index (χ0n) is 12.6. The lowest BCUT2D eigenvalue weighted by Gasteiger charge is -2.34. The van der Waals surface area contributed by atoms with Gasteiger partial charge in [-0.05, 0) is 24.3 Å². The Morgan fingerprint density at radius 2 is 2.24 bits per heavy atom. The number of aromatic nitrogens is 1. The highest BCUT2D eigenvalue weighted by molar-refractivity contribution is 5.94. The van der Waals surface area contributed by atoms with Crippen LogP contribution in [0.2, 0.25) is 0 Å². The largest absolute Gasteiger partial charge is 0.384 e. The Kier molecular flexibility index (Phi) is 5.35. The number of carbonyl (C=O) groups is 1. The number of aliphatic hydroxyl groups excluding tert-OH is 1. The second-order valence-corrected chi connectivity index (χ2v) is 5.77. The summed E-state index contributed by atoms with van der Waals surface area (Å²) < 4.78 is 0. The van der Waals surface area contributed by atoms with E-state index in [1.807, 2.05) is 0 Å². The highest BCUT2D eigenvalue weighted by Crippen LogP contribution is 2.29. The first-order valence-corrected chi connectivity index (χ1v) is 7.47. The molecule has 1 amide bonds. The van der Waals surface area contributed by atoms with Crippen LogP contribution in [-0.2, 0) is 0 Å². The number of nitrogens with one attached hydrogen (secondary N) is 1. The summed E-state index contributed by atoms with van der Waals surface area (Å²) in [4.78, 5) is 16.4. The van der Waals surface area contributed by atoms with Crippen molar-refractivity contribution < 1.29 is 9.90 Å². The summed E-state index contributed by atoms with van der Waals surface area (Å²) in [6, 6.07) is 1.94. The summed E-state index contributed by atoms with van der Waals surface area (Å²) in [6.45, 7) is 4.25. The lowest BCUT2D eigenvalue weighted by Crippen LogP contribution is -2.43. The number of hydrogen-bond acceptors (Lipinski definition) is 3. The van der Waals surface area contributed by atoms with Crippen molar-refractivity contribution >= 4 is 5.91 Å². The van der Waals surface area contributed by atoms with Crippen molar-refractivity contribution in [1.82, 2.24) is 10.3 Å². The molecular weight excluding hydrogens is 264 g/mol. The molecule has 2 N–H and O–H groups in total. The van der Waals surface area contributed by atoms with E-state index in [1.54, 1.807) is 18.5 Å². The molecule has 1 aliphatic carbocycles. The van der Waals surface area contributed by atoms with E-state index in [4.69, 9.17) is 5.11 Å². The predicted octanol–water partition coefficient (Wildman–Crippen LogP) is 1.98. The summed E-state index contributed by atoms with van der Waals surface area (Å²) in [5.41, 5.74) is 1.16.